The fraction of sp³-hybridized carbons (Fsp3) is 0.562. The number of benzene rings is 1. The average Bonchev–Trinajstić information content (AvgIpc) is 2.47. The van der Waals surface area contributed by atoms with Crippen LogP contribution in [0.2, 0.25) is 0 Å². The van der Waals surface area contributed by atoms with E-state index in [0.717, 1.165) is 11.6 Å². The number of hydrogen-bond acceptors (Lipinski definition) is 2. The first-order chi connectivity index (χ1) is 9.22. The van der Waals surface area contributed by atoms with Gasteiger partial charge >= 0.3 is 0 Å². The minimum atomic E-state index is -0.0322. The van der Waals surface area contributed by atoms with Gasteiger partial charge in [-0.3, -0.25) is 4.79 Å². The molecule has 0 aliphatic heterocycles. The Morgan fingerprint density at radius 2 is 2.00 bits per heavy atom. The molecule has 2 rings (SSSR count). The summed E-state index contributed by atoms with van der Waals surface area (Å²) in [4.78, 5) is 11.5. The zero-order chi connectivity index (χ0) is 13.7. The van der Waals surface area contributed by atoms with Gasteiger partial charge in [-0.05, 0) is 43.0 Å². The van der Waals surface area contributed by atoms with Crippen LogP contribution < -0.4 is 10.6 Å². The maximum Gasteiger partial charge on any atom is 0.251 e. The van der Waals surface area contributed by atoms with Gasteiger partial charge in [0.05, 0.1) is 0 Å². The normalized spacial score (nSPS) is 22.8. The van der Waals surface area contributed by atoms with Crippen LogP contribution in [0.25, 0.3) is 0 Å². The molecule has 2 N–H and O–H groups in total. The Hall–Kier alpha value is -1.51. The smallest absolute Gasteiger partial charge is 0.251 e. The van der Waals surface area contributed by atoms with Crippen LogP contribution in [-0.4, -0.2) is 19.0 Å². The van der Waals surface area contributed by atoms with E-state index >= 15 is 0 Å². The molecule has 0 radical (unpaired) electrons. The Morgan fingerprint density at radius 1 is 1.26 bits per heavy atom. The van der Waals surface area contributed by atoms with Crippen molar-refractivity contribution in [2.24, 2.45) is 5.92 Å². The molecule has 0 bridgehead atoms. The van der Waals surface area contributed by atoms with Gasteiger partial charge in [-0.15, -0.1) is 0 Å². The van der Waals surface area contributed by atoms with Crippen LogP contribution in [0.4, 0.5) is 5.69 Å². The van der Waals surface area contributed by atoms with Crippen LogP contribution in [0.5, 0.6) is 0 Å². The fourth-order valence-corrected chi connectivity index (χ4v) is 2.89. The third-order valence-corrected chi connectivity index (χ3v) is 4.11. The molecule has 1 aromatic carbocycles. The highest BCUT2D eigenvalue weighted by Crippen LogP contribution is 2.28. The molecular formula is C16H24N2O. The van der Waals surface area contributed by atoms with Crippen LogP contribution in [0.3, 0.4) is 0 Å². The minimum Gasteiger partial charge on any atom is -0.382 e. The predicted molar refractivity (Wildman–Crippen MR) is 79.5 cm³/mol. The molecule has 104 valence electrons. The molecule has 0 saturated heterocycles. The van der Waals surface area contributed by atoms with Gasteiger partial charge in [-0.1, -0.05) is 26.2 Å². The van der Waals surface area contributed by atoms with Gasteiger partial charge in [0, 0.05) is 24.3 Å². The Kier molecular flexibility index (Phi) is 4.83. The number of carbonyl (C=O) groups is 1. The van der Waals surface area contributed by atoms with Crippen LogP contribution in [0, 0.1) is 5.92 Å². The first kappa shape index (κ1) is 13.9. The van der Waals surface area contributed by atoms with Crippen molar-refractivity contribution in [3.8, 4) is 0 Å². The topological polar surface area (TPSA) is 41.1 Å². The van der Waals surface area contributed by atoms with Crippen LogP contribution >= 0.6 is 0 Å². The van der Waals surface area contributed by atoms with Gasteiger partial charge in [0.1, 0.15) is 0 Å². The van der Waals surface area contributed by atoms with Crippen LogP contribution in [0.1, 0.15) is 49.4 Å². The molecule has 19 heavy (non-hydrogen) atoms. The van der Waals surface area contributed by atoms with E-state index in [1.165, 1.54) is 32.1 Å². The van der Waals surface area contributed by atoms with E-state index < -0.39 is 0 Å². The molecular weight excluding hydrogens is 236 g/mol. The molecule has 2 unspecified atom stereocenters. The average molecular weight is 260 g/mol. The second kappa shape index (κ2) is 6.60. The second-order valence-corrected chi connectivity index (χ2v) is 5.44. The van der Waals surface area contributed by atoms with E-state index in [9.17, 15) is 4.79 Å². The summed E-state index contributed by atoms with van der Waals surface area (Å²) in [6, 6.07) is 8.34. The molecule has 0 aromatic heterocycles. The highest BCUT2D eigenvalue weighted by atomic mass is 16.1. The summed E-state index contributed by atoms with van der Waals surface area (Å²) < 4.78 is 0. The molecule has 1 aromatic rings. The van der Waals surface area contributed by atoms with E-state index in [1.807, 2.05) is 24.3 Å². The van der Waals surface area contributed by atoms with Gasteiger partial charge in [0.2, 0.25) is 0 Å². The molecule has 0 heterocycles. The van der Waals surface area contributed by atoms with Crippen molar-refractivity contribution in [3.05, 3.63) is 29.8 Å². The van der Waals surface area contributed by atoms with Crippen molar-refractivity contribution in [3.63, 3.8) is 0 Å². The highest BCUT2D eigenvalue weighted by molar-refractivity contribution is 5.94. The Morgan fingerprint density at radius 3 is 2.63 bits per heavy atom. The van der Waals surface area contributed by atoms with Crippen molar-refractivity contribution in [2.75, 3.05) is 12.4 Å². The summed E-state index contributed by atoms with van der Waals surface area (Å²) in [7, 11) is 1.65. The molecule has 1 fully saturated rings. The molecule has 1 aliphatic carbocycles. The number of amides is 1. The third-order valence-electron chi connectivity index (χ3n) is 4.11. The van der Waals surface area contributed by atoms with Crippen molar-refractivity contribution in [2.45, 2.75) is 45.1 Å². The quantitative estimate of drug-likeness (QED) is 0.871. The summed E-state index contributed by atoms with van der Waals surface area (Å²) in [5.74, 6) is 0.839. The number of rotatable bonds is 4. The Bertz CT molecular complexity index is 413. The maximum absolute atomic E-state index is 11.5. The molecule has 1 amide bonds. The van der Waals surface area contributed by atoms with E-state index in [4.69, 9.17) is 0 Å². The number of nitrogens with one attached hydrogen (secondary N) is 2. The van der Waals surface area contributed by atoms with Crippen molar-refractivity contribution < 1.29 is 4.79 Å². The fourth-order valence-electron chi connectivity index (χ4n) is 2.89. The SMILES string of the molecule is CCC1CCCC(Nc2ccc(C(=O)NC)cc2)C1. The number of hydrogen-bond donors (Lipinski definition) is 2. The summed E-state index contributed by atoms with van der Waals surface area (Å²) in [6.45, 7) is 2.28. The van der Waals surface area contributed by atoms with Crippen molar-refractivity contribution in [1.29, 1.82) is 0 Å². The van der Waals surface area contributed by atoms with E-state index in [0.29, 0.717) is 11.6 Å². The van der Waals surface area contributed by atoms with Crippen LogP contribution in [0.15, 0.2) is 24.3 Å². The largest absolute Gasteiger partial charge is 0.382 e. The van der Waals surface area contributed by atoms with E-state index in [2.05, 4.69) is 17.6 Å². The van der Waals surface area contributed by atoms with Gasteiger partial charge < -0.3 is 10.6 Å². The molecule has 0 spiro atoms. The lowest BCUT2D eigenvalue weighted by Gasteiger charge is -2.29. The standard InChI is InChI=1S/C16H24N2O/c1-3-12-5-4-6-15(11-12)18-14-9-7-13(8-10-14)16(19)17-2/h7-10,12,15,18H,3-6,11H2,1-2H3,(H,17,19). The summed E-state index contributed by atoms with van der Waals surface area (Å²) in [6.07, 6.45) is 6.52. The van der Waals surface area contributed by atoms with Crippen molar-refractivity contribution >= 4 is 11.6 Å². The van der Waals surface area contributed by atoms with Crippen molar-refractivity contribution in [1.82, 2.24) is 5.32 Å². The lowest BCUT2D eigenvalue weighted by atomic mass is 9.84. The Labute approximate surface area is 115 Å². The zero-order valence-corrected chi connectivity index (χ0v) is 11.9. The maximum atomic E-state index is 11.5. The van der Waals surface area contributed by atoms with Gasteiger partial charge in [0.25, 0.3) is 5.91 Å². The molecule has 1 aliphatic rings. The zero-order valence-electron chi connectivity index (χ0n) is 11.9. The number of carbonyl (C=O) groups excluding carboxylic acids is 1. The second-order valence-electron chi connectivity index (χ2n) is 5.44. The summed E-state index contributed by atoms with van der Waals surface area (Å²) in [5.41, 5.74) is 1.83. The van der Waals surface area contributed by atoms with E-state index in [1.54, 1.807) is 7.05 Å². The first-order valence-corrected chi connectivity index (χ1v) is 7.31. The molecule has 3 heteroatoms. The Balaban J connectivity index is 1.94. The van der Waals surface area contributed by atoms with Gasteiger partial charge in [0.15, 0.2) is 0 Å². The van der Waals surface area contributed by atoms with E-state index in [-0.39, 0.29) is 5.91 Å². The lowest BCUT2D eigenvalue weighted by molar-refractivity contribution is 0.0963. The minimum absolute atomic E-state index is 0.0322. The predicted octanol–water partition coefficient (Wildman–Crippen LogP) is 3.43. The molecule has 2 atom stereocenters. The monoisotopic (exact) mass is 260 g/mol. The van der Waals surface area contributed by atoms with Crippen LogP contribution in [-0.2, 0) is 0 Å². The highest BCUT2D eigenvalue weighted by Gasteiger charge is 2.20. The van der Waals surface area contributed by atoms with Gasteiger partial charge in [-0.25, -0.2) is 0 Å². The first-order valence-electron chi connectivity index (χ1n) is 7.31. The summed E-state index contributed by atoms with van der Waals surface area (Å²) in [5, 5.41) is 6.23. The summed E-state index contributed by atoms with van der Waals surface area (Å²) >= 11 is 0. The third kappa shape index (κ3) is 3.72. The molecule has 1 saturated carbocycles. The van der Waals surface area contributed by atoms with Gasteiger partial charge in [-0.2, -0.15) is 0 Å². The molecule has 3 nitrogen and oxygen atoms in total. The number of anilines is 1. The lowest BCUT2D eigenvalue weighted by Crippen LogP contribution is -2.27.